The Morgan fingerprint density at radius 3 is 0.844 bits per heavy atom. The summed E-state index contributed by atoms with van der Waals surface area (Å²) in [7, 11) is 0. The quantitative estimate of drug-likeness (QED) is 0.0716. The fourth-order valence-electron chi connectivity index (χ4n) is 3.07. The van der Waals surface area contributed by atoms with Crippen LogP contribution in [-0.4, -0.2) is 170 Å². The molecule has 0 heterocycles. The SMILES string of the molecule is CC(C)OCCOCCOCCOCCOCCOCCOCCOCCOCCOCCOCCOCC(=O)OC(C)(C)C. The Morgan fingerprint density at radius 1 is 0.400 bits per heavy atom. The van der Waals surface area contributed by atoms with E-state index >= 15 is 0 Å². The van der Waals surface area contributed by atoms with Gasteiger partial charge in [0.2, 0.25) is 0 Å². The molecule has 0 saturated carbocycles. The van der Waals surface area contributed by atoms with Crippen LogP contribution in [0.15, 0.2) is 0 Å². The molecule has 0 bridgehead atoms. The zero-order valence-corrected chi connectivity index (χ0v) is 28.6. The molecule has 0 amide bonds. The van der Waals surface area contributed by atoms with Gasteiger partial charge in [0, 0.05) is 0 Å². The van der Waals surface area contributed by atoms with Gasteiger partial charge >= 0.3 is 5.97 Å². The molecule has 0 aliphatic carbocycles. The molecule has 0 aromatic carbocycles. The molecule has 0 spiro atoms. The van der Waals surface area contributed by atoms with Gasteiger partial charge in [-0.3, -0.25) is 0 Å². The minimum atomic E-state index is -0.510. The van der Waals surface area contributed by atoms with E-state index in [1.165, 1.54) is 0 Å². The minimum absolute atomic E-state index is 0.0826. The second-order valence-electron chi connectivity index (χ2n) is 10.7. The molecule has 0 aromatic heterocycles. The van der Waals surface area contributed by atoms with Gasteiger partial charge in [0.1, 0.15) is 12.2 Å². The van der Waals surface area contributed by atoms with E-state index in [0.29, 0.717) is 145 Å². The average molecular weight is 659 g/mol. The van der Waals surface area contributed by atoms with Gasteiger partial charge in [-0.1, -0.05) is 0 Å². The van der Waals surface area contributed by atoms with Crippen molar-refractivity contribution in [1.82, 2.24) is 0 Å². The van der Waals surface area contributed by atoms with Crippen molar-refractivity contribution in [3.8, 4) is 0 Å². The van der Waals surface area contributed by atoms with Crippen LogP contribution in [0.1, 0.15) is 34.6 Å². The van der Waals surface area contributed by atoms with Crippen molar-refractivity contribution in [2.24, 2.45) is 0 Å². The Hall–Kier alpha value is -1.01. The van der Waals surface area contributed by atoms with Crippen molar-refractivity contribution in [3.63, 3.8) is 0 Å². The van der Waals surface area contributed by atoms with Crippen molar-refractivity contribution < 1.29 is 66.4 Å². The summed E-state index contributed by atoms with van der Waals surface area (Å²) in [6.45, 7) is 20.3. The maximum absolute atomic E-state index is 11.5. The number of rotatable bonds is 36. The molecule has 0 rings (SSSR count). The molecule has 0 radical (unpaired) electrons. The van der Waals surface area contributed by atoms with Crippen molar-refractivity contribution >= 4 is 5.97 Å². The highest BCUT2D eigenvalue weighted by molar-refractivity contribution is 5.71. The van der Waals surface area contributed by atoms with E-state index in [2.05, 4.69) is 0 Å². The standard InChI is InChI=1S/C31H62O14/c1-29(2)44-27-26-42-23-22-40-19-18-38-15-14-36-11-10-34-7-6-33-8-9-35-12-13-37-16-17-39-20-21-41-24-25-43-28-30(32)45-31(3,4)5/h29H,6-28H2,1-5H3. The molecular formula is C31H62O14. The number of esters is 1. The third kappa shape index (κ3) is 41.0. The summed E-state index contributed by atoms with van der Waals surface area (Å²) in [4.78, 5) is 11.5. The van der Waals surface area contributed by atoms with Crippen LogP contribution in [-0.2, 0) is 66.4 Å². The summed E-state index contributed by atoms with van der Waals surface area (Å²) < 4.78 is 70.2. The molecule has 0 aliphatic heterocycles. The summed E-state index contributed by atoms with van der Waals surface area (Å²) in [5.41, 5.74) is -0.510. The van der Waals surface area contributed by atoms with Crippen LogP contribution in [0.4, 0.5) is 0 Å². The van der Waals surface area contributed by atoms with Gasteiger partial charge in [0.05, 0.1) is 151 Å². The van der Waals surface area contributed by atoms with Crippen LogP contribution in [0.25, 0.3) is 0 Å². The Labute approximate surface area is 270 Å². The van der Waals surface area contributed by atoms with Crippen LogP contribution >= 0.6 is 0 Å². The Kier molecular flexibility index (Phi) is 33.6. The van der Waals surface area contributed by atoms with E-state index in [9.17, 15) is 4.79 Å². The van der Waals surface area contributed by atoms with Gasteiger partial charge in [-0.25, -0.2) is 4.79 Å². The lowest BCUT2D eigenvalue weighted by Gasteiger charge is -2.19. The number of hydrogen-bond acceptors (Lipinski definition) is 14. The molecule has 0 saturated heterocycles. The van der Waals surface area contributed by atoms with E-state index < -0.39 is 5.60 Å². The molecule has 0 aromatic rings. The molecule has 0 atom stereocenters. The van der Waals surface area contributed by atoms with E-state index in [4.69, 9.17) is 61.6 Å². The first kappa shape index (κ1) is 44.0. The number of carbonyl (C=O) groups is 1. The van der Waals surface area contributed by atoms with Gasteiger partial charge in [-0.15, -0.1) is 0 Å². The zero-order chi connectivity index (χ0) is 33.1. The molecular weight excluding hydrogens is 596 g/mol. The first-order valence-electron chi connectivity index (χ1n) is 16.0. The van der Waals surface area contributed by atoms with E-state index in [1.807, 2.05) is 34.6 Å². The monoisotopic (exact) mass is 658 g/mol. The highest BCUT2D eigenvalue weighted by atomic mass is 16.6. The topological polar surface area (TPSA) is 137 Å². The molecule has 0 fully saturated rings. The predicted octanol–water partition coefficient (Wildman–Crippen LogP) is 1.94. The highest BCUT2D eigenvalue weighted by Gasteiger charge is 2.15. The van der Waals surface area contributed by atoms with Gasteiger partial charge in [0.15, 0.2) is 0 Å². The maximum Gasteiger partial charge on any atom is 0.332 e. The fraction of sp³-hybridized carbons (Fsp3) is 0.968. The fourth-order valence-corrected chi connectivity index (χ4v) is 3.07. The van der Waals surface area contributed by atoms with Crippen LogP contribution in [0, 0.1) is 0 Å². The molecule has 14 heteroatoms. The number of ether oxygens (including phenoxy) is 13. The molecule has 0 N–H and O–H groups in total. The number of carbonyl (C=O) groups excluding carboxylic acids is 1. The molecule has 0 unspecified atom stereocenters. The predicted molar refractivity (Wildman–Crippen MR) is 166 cm³/mol. The number of hydrogen-bond donors (Lipinski definition) is 0. The second-order valence-corrected chi connectivity index (χ2v) is 10.7. The largest absolute Gasteiger partial charge is 0.458 e. The Balaban J connectivity index is 3.09. The van der Waals surface area contributed by atoms with Gasteiger partial charge in [0.25, 0.3) is 0 Å². The first-order chi connectivity index (χ1) is 21.8. The van der Waals surface area contributed by atoms with Crippen molar-refractivity contribution in [2.75, 3.05) is 152 Å². The maximum atomic E-state index is 11.5. The summed E-state index contributed by atoms with van der Waals surface area (Å²) in [6, 6.07) is 0. The normalized spacial score (nSPS) is 12.0. The second kappa shape index (κ2) is 34.3. The lowest BCUT2D eigenvalue weighted by Crippen LogP contribution is -2.27. The summed E-state index contributed by atoms with van der Waals surface area (Å²) >= 11 is 0. The molecule has 270 valence electrons. The third-order valence-electron chi connectivity index (χ3n) is 5.04. The van der Waals surface area contributed by atoms with Crippen LogP contribution in [0.5, 0.6) is 0 Å². The summed E-state index contributed by atoms with van der Waals surface area (Å²) in [5.74, 6) is -0.386. The first-order valence-corrected chi connectivity index (χ1v) is 16.0. The van der Waals surface area contributed by atoms with Crippen LogP contribution in [0.2, 0.25) is 0 Å². The van der Waals surface area contributed by atoms with Gasteiger partial charge in [-0.05, 0) is 34.6 Å². The van der Waals surface area contributed by atoms with E-state index in [1.54, 1.807) is 0 Å². The third-order valence-corrected chi connectivity index (χ3v) is 5.04. The van der Waals surface area contributed by atoms with Crippen LogP contribution in [0.3, 0.4) is 0 Å². The molecule has 45 heavy (non-hydrogen) atoms. The Morgan fingerprint density at radius 2 is 0.622 bits per heavy atom. The van der Waals surface area contributed by atoms with Crippen molar-refractivity contribution in [2.45, 2.75) is 46.3 Å². The lowest BCUT2D eigenvalue weighted by atomic mass is 10.2. The van der Waals surface area contributed by atoms with E-state index in [0.717, 1.165) is 0 Å². The molecule has 14 nitrogen and oxygen atoms in total. The lowest BCUT2D eigenvalue weighted by molar-refractivity contribution is -0.160. The minimum Gasteiger partial charge on any atom is -0.458 e. The van der Waals surface area contributed by atoms with E-state index in [-0.39, 0.29) is 18.7 Å². The van der Waals surface area contributed by atoms with Crippen LogP contribution < -0.4 is 0 Å². The van der Waals surface area contributed by atoms with Crippen molar-refractivity contribution in [3.05, 3.63) is 0 Å². The zero-order valence-electron chi connectivity index (χ0n) is 28.6. The Bertz CT molecular complexity index is 603. The van der Waals surface area contributed by atoms with Crippen molar-refractivity contribution in [1.29, 1.82) is 0 Å². The van der Waals surface area contributed by atoms with Gasteiger partial charge < -0.3 is 61.6 Å². The summed E-state index contributed by atoms with van der Waals surface area (Å²) in [5, 5.41) is 0. The van der Waals surface area contributed by atoms with Gasteiger partial charge in [-0.2, -0.15) is 0 Å². The summed E-state index contributed by atoms with van der Waals surface area (Å²) in [6.07, 6.45) is 0.228. The average Bonchev–Trinajstić information content (AvgIpc) is 2.98. The molecule has 0 aliphatic rings. The highest BCUT2D eigenvalue weighted by Crippen LogP contribution is 2.06. The smallest absolute Gasteiger partial charge is 0.332 e.